The standard InChI is InChI=1S/C24H24N6O5S/c1-28(2)29-14-21(35-27-29)26-20(31)15-36-24-25-18(23(32)30(24)17-10-6-5-7-11-17)13-16-9-8-12-19(33-3)22(16)34-4/h5-14H,15H2,1-4H3/p+1/b18-13+. The number of nitrogens with one attached hydrogen (secondary N) is 1. The molecule has 1 aliphatic heterocycles. The molecule has 4 rings (SSSR count). The predicted octanol–water partition coefficient (Wildman–Crippen LogP) is 2.29. The fourth-order valence-corrected chi connectivity index (χ4v) is 4.17. The van der Waals surface area contributed by atoms with Crippen molar-refractivity contribution in [1.82, 2.24) is 5.27 Å². The number of hydrogen-bond acceptors (Lipinski definition) is 9. The molecule has 1 aromatic heterocycles. The normalized spacial score (nSPS) is 14.1. The highest BCUT2D eigenvalue weighted by molar-refractivity contribution is 8.14. The van der Waals surface area contributed by atoms with Gasteiger partial charge in [0.2, 0.25) is 11.2 Å². The maximum Gasteiger partial charge on any atom is 0.305 e. The van der Waals surface area contributed by atoms with Crippen LogP contribution >= 0.6 is 11.8 Å². The number of para-hydroxylation sites is 2. The van der Waals surface area contributed by atoms with Crippen molar-refractivity contribution in [1.29, 1.82) is 0 Å². The zero-order valence-corrected chi connectivity index (χ0v) is 21.0. The molecule has 0 fully saturated rings. The zero-order valence-electron chi connectivity index (χ0n) is 20.2. The second-order valence-corrected chi connectivity index (χ2v) is 8.60. The molecule has 0 saturated heterocycles. The largest absolute Gasteiger partial charge is 0.493 e. The zero-order chi connectivity index (χ0) is 25.7. The number of amides is 2. The van der Waals surface area contributed by atoms with Gasteiger partial charge in [-0.1, -0.05) is 42.1 Å². The Hall–Kier alpha value is -4.32. The van der Waals surface area contributed by atoms with Crippen LogP contribution in [0.3, 0.4) is 0 Å². The number of carbonyl (C=O) groups is 2. The quantitative estimate of drug-likeness (QED) is 0.364. The first kappa shape index (κ1) is 24.8. The topological polar surface area (TPSA) is 113 Å². The molecular formula is C24H25N6O5S+. The van der Waals surface area contributed by atoms with Crippen molar-refractivity contribution < 1.29 is 28.4 Å². The van der Waals surface area contributed by atoms with Gasteiger partial charge in [0, 0.05) is 5.56 Å². The minimum atomic E-state index is -0.336. The van der Waals surface area contributed by atoms with E-state index in [1.807, 2.05) is 18.2 Å². The molecule has 2 amide bonds. The van der Waals surface area contributed by atoms with Crippen molar-refractivity contribution in [2.24, 2.45) is 4.99 Å². The first-order valence-corrected chi connectivity index (χ1v) is 11.8. The Balaban J connectivity index is 1.58. The number of anilines is 2. The first-order chi connectivity index (χ1) is 17.4. The van der Waals surface area contributed by atoms with E-state index >= 15 is 0 Å². The summed E-state index contributed by atoms with van der Waals surface area (Å²) in [6, 6.07) is 14.5. The number of benzene rings is 2. The summed E-state index contributed by atoms with van der Waals surface area (Å²) in [7, 11) is 6.64. The lowest BCUT2D eigenvalue weighted by Crippen LogP contribution is -2.53. The summed E-state index contributed by atoms with van der Waals surface area (Å²) in [5.41, 5.74) is 1.48. The molecule has 1 aliphatic rings. The maximum atomic E-state index is 13.4. The van der Waals surface area contributed by atoms with Gasteiger partial charge in [0.1, 0.15) is 5.70 Å². The molecule has 0 radical (unpaired) electrons. The number of amidine groups is 1. The highest BCUT2D eigenvalue weighted by atomic mass is 32.2. The summed E-state index contributed by atoms with van der Waals surface area (Å²) in [5.74, 6) is 0.561. The summed E-state index contributed by atoms with van der Waals surface area (Å²) < 4.78 is 15.9. The van der Waals surface area contributed by atoms with Gasteiger partial charge in [0.05, 0.1) is 44.5 Å². The third kappa shape index (κ3) is 5.33. The molecule has 186 valence electrons. The van der Waals surface area contributed by atoms with Gasteiger partial charge in [-0.25, -0.2) is 4.99 Å². The fourth-order valence-electron chi connectivity index (χ4n) is 3.36. The minimum absolute atomic E-state index is 0.00608. The molecule has 0 unspecified atom stereocenters. The van der Waals surface area contributed by atoms with Crippen LogP contribution in [-0.2, 0) is 9.59 Å². The smallest absolute Gasteiger partial charge is 0.305 e. The van der Waals surface area contributed by atoms with Gasteiger partial charge >= 0.3 is 5.88 Å². The van der Waals surface area contributed by atoms with Crippen LogP contribution in [0.5, 0.6) is 11.5 Å². The van der Waals surface area contributed by atoms with E-state index < -0.39 is 0 Å². The Labute approximate surface area is 211 Å². The number of ether oxygens (including phenoxy) is 2. The highest BCUT2D eigenvalue weighted by Crippen LogP contribution is 2.35. The molecular weight excluding hydrogens is 484 g/mol. The van der Waals surface area contributed by atoms with E-state index in [0.29, 0.717) is 27.9 Å². The maximum absolute atomic E-state index is 13.4. The predicted molar refractivity (Wildman–Crippen MR) is 137 cm³/mol. The Bertz CT molecular complexity index is 1320. The van der Waals surface area contributed by atoms with Crippen molar-refractivity contribution >= 4 is 46.4 Å². The van der Waals surface area contributed by atoms with Crippen molar-refractivity contribution in [3.05, 3.63) is 66.0 Å². The summed E-state index contributed by atoms with van der Waals surface area (Å²) in [6.07, 6.45) is 3.18. The van der Waals surface area contributed by atoms with E-state index in [2.05, 4.69) is 15.6 Å². The molecule has 2 aromatic carbocycles. The van der Waals surface area contributed by atoms with E-state index in [1.54, 1.807) is 62.6 Å². The molecule has 1 N–H and O–H groups in total. The number of aliphatic imine (C=N–C) groups is 1. The van der Waals surface area contributed by atoms with Crippen LogP contribution in [0.15, 0.2) is 69.9 Å². The van der Waals surface area contributed by atoms with Gasteiger partial charge in [0.25, 0.3) is 12.1 Å². The first-order valence-electron chi connectivity index (χ1n) is 10.8. The van der Waals surface area contributed by atoms with Crippen LogP contribution in [0.2, 0.25) is 0 Å². The molecule has 0 aliphatic carbocycles. The van der Waals surface area contributed by atoms with E-state index in [9.17, 15) is 9.59 Å². The Morgan fingerprint density at radius 3 is 2.61 bits per heavy atom. The number of thioether (sulfide) groups is 1. The van der Waals surface area contributed by atoms with Gasteiger partial charge in [0.15, 0.2) is 16.7 Å². The van der Waals surface area contributed by atoms with Gasteiger partial charge in [-0.2, -0.15) is 5.01 Å². The molecule has 0 saturated carbocycles. The van der Waals surface area contributed by atoms with Crippen LogP contribution < -0.4 is 29.5 Å². The SMILES string of the molecule is COc1cccc(/C=C2/N=C(SCC(=O)Nc3c[n+](N(C)C)no3)N(c3ccccc3)C2=O)c1OC. The van der Waals surface area contributed by atoms with Crippen molar-refractivity contribution in [2.75, 3.05) is 49.3 Å². The lowest BCUT2D eigenvalue weighted by molar-refractivity contribution is -0.753. The van der Waals surface area contributed by atoms with E-state index in [-0.39, 0.29) is 29.1 Å². The van der Waals surface area contributed by atoms with Crippen LogP contribution in [0.1, 0.15) is 5.56 Å². The van der Waals surface area contributed by atoms with Crippen LogP contribution in [0.4, 0.5) is 11.6 Å². The Morgan fingerprint density at radius 2 is 1.94 bits per heavy atom. The number of methoxy groups -OCH3 is 2. The summed E-state index contributed by atoms with van der Waals surface area (Å²) in [5, 5.41) is 8.48. The minimum Gasteiger partial charge on any atom is -0.493 e. The Morgan fingerprint density at radius 1 is 1.17 bits per heavy atom. The van der Waals surface area contributed by atoms with E-state index in [1.165, 1.54) is 23.0 Å². The second-order valence-electron chi connectivity index (χ2n) is 7.65. The number of hydrogen-bond donors (Lipinski definition) is 1. The molecule has 0 bridgehead atoms. The summed E-state index contributed by atoms with van der Waals surface area (Å²) in [4.78, 5) is 33.4. The monoisotopic (exact) mass is 509 g/mol. The lowest BCUT2D eigenvalue weighted by atomic mass is 10.1. The molecule has 2 heterocycles. The molecule has 36 heavy (non-hydrogen) atoms. The van der Waals surface area contributed by atoms with Gasteiger partial charge in [-0.05, 0) is 24.3 Å². The lowest BCUT2D eigenvalue weighted by Gasteiger charge is -2.17. The van der Waals surface area contributed by atoms with Gasteiger partial charge in [-0.3, -0.25) is 24.3 Å². The average Bonchev–Trinajstić information content (AvgIpc) is 3.47. The molecule has 11 nitrogen and oxygen atoms in total. The van der Waals surface area contributed by atoms with Gasteiger partial charge in [-0.15, -0.1) is 0 Å². The highest BCUT2D eigenvalue weighted by Gasteiger charge is 2.33. The van der Waals surface area contributed by atoms with Gasteiger partial charge < -0.3 is 9.47 Å². The molecule has 0 spiro atoms. The summed E-state index contributed by atoms with van der Waals surface area (Å²) >= 11 is 1.13. The molecule has 12 heteroatoms. The third-order valence-electron chi connectivity index (χ3n) is 5.03. The van der Waals surface area contributed by atoms with E-state index in [4.69, 9.17) is 14.0 Å². The Kier molecular flexibility index (Phi) is 7.54. The number of nitrogens with zero attached hydrogens (tertiary/aromatic N) is 5. The van der Waals surface area contributed by atoms with Crippen molar-refractivity contribution in [2.45, 2.75) is 0 Å². The third-order valence-corrected chi connectivity index (χ3v) is 5.97. The molecule has 0 atom stereocenters. The number of rotatable bonds is 8. The fraction of sp³-hybridized carbons (Fsp3) is 0.208. The van der Waals surface area contributed by atoms with Crippen LogP contribution in [0, 0.1) is 0 Å². The second kappa shape index (κ2) is 11.0. The average molecular weight is 510 g/mol. The van der Waals surface area contributed by atoms with Crippen LogP contribution in [-0.4, -0.2) is 56.3 Å². The van der Waals surface area contributed by atoms with Crippen LogP contribution in [0.25, 0.3) is 6.08 Å². The van der Waals surface area contributed by atoms with E-state index in [0.717, 1.165) is 11.8 Å². The number of aromatic nitrogens is 2. The van der Waals surface area contributed by atoms with Crippen molar-refractivity contribution in [3.63, 3.8) is 0 Å². The number of carbonyl (C=O) groups excluding carboxylic acids is 2. The van der Waals surface area contributed by atoms with Crippen molar-refractivity contribution in [3.8, 4) is 11.5 Å². The molecule has 3 aromatic rings. The summed E-state index contributed by atoms with van der Waals surface area (Å²) in [6.45, 7) is 0.